The van der Waals surface area contributed by atoms with Gasteiger partial charge in [0.15, 0.2) is 0 Å². The molecule has 93 valence electrons. The summed E-state index contributed by atoms with van der Waals surface area (Å²) in [6.07, 6.45) is 6.43. The number of hydrogen-bond donors (Lipinski definition) is 0. The number of piperidine rings is 1. The molecule has 2 aliphatic rings. The maximum absolute atomic E-state index is 12.0. The Morgan fingerprint density at radius 1 is 1.31 bits per heavy atom. The zero-order chi connectivity index (χ0) is 11.6. The summed E-state index contributed by atoms with van der Waals surface area (Å²) in [7, 11) is -0.988. The van der Waals surface area contributed by atoms with Gasteiger partial charge in [0, 0.05) is 25.7 Å². The third-order valence-electron chi connectivity index (χ3n) is 3.43. The molecule has 0 atom stereocenters. The van der Waals surface area contributed by atoms with Crippen molar-refractivity contribution in [3.8, 4) is 0 Å². The van der Waals surface area contributed by atoms with Gasteiger partial charge in [0.05, 0.1) is 5.75 Å². The van der Waals surface area contributed by atoms with Crippen LogP contribution in [0.4, 0.5) is 0 Å². The van der Waals surface area contributed by atoms with Crippen LogP contribution in [0.1, 0.15) is 25.7 Å². The molecule has 0 aromatic heterocycles. The molecule has 0 amide bonds. The number of hydrogen-bond acceptors (Lipinski definition) is 3. The molecule has 0 N–H and O–H groups in total. The van der Waals surface area contributed by atoms with E-state index in [-0.39, 0.29) is 5.75 Å². The Labute approximate surface area is 98.7 Å². The minimum atomic E-state index is -3.01. The summed E-state index contributed by atoms with van der Waals surface area (Å²) in [4.78, 5) is 2.17. The van der Waals surface area contributed by atoms with E-state index in [9.17, 15) is 8.42 Å². The fourth-order valence-corrected chi connectivity index (χ4v) is 3.64. The summed E-state index contributed by atoms with van der Waals surface area (Å²) in [6, 6.07) is 0.643. The first-order valence-corrected chi connectivity index (χ1v) is 7.70. The van der Waals surface area contributed by atoms with E-state index < -0.39 is 10.0 Å². The highest BCUT2D eigenvalue weighted by molar-refractivity contribution is 7.89. The Bertz CT molecular complexity index is 319. The van der Waals surface area contributed by atoms with Gasteiger partial charge in [-0.3, -0.25) is 0 Å². The van der Waals surface area contributed by atoms with Crippen LogP contribution in [0.25, 0.3) is 0 Å². The molecule has 0 spiro atoms. The number of rotatable bonds is 5. The van der Waals surface area contributed by atoms with Crippen LogP contribution in [0.2, 0.25) is 0 Å². The second-order valence-corrected chi connectivity index (χ2v) is 6.88. The van der Waals surface area contributed by atoms with E-state index in [1.807, 2.05) is 7.05 Å². The molecule has 0 aromatic carbocycles. The Hall–Kier alpha value is -0.130. The van der Waals surface area contributed by atoms with E-state index in [0.717, 1.165) is 12.8 Å². The lowest BCUT2D eigenvalue weighted by Crippen LogP contribution is -2.40. The van der Waals surface area contributed by atoms with E-state index >= 15 is 0 Å². The fraction of sp³-hybridized carbons (Fsp3) is 0.909. The quantitative estimate of drug-likeness (QED) is 0.716. The average molecular weight is 245 g/mol. The topological polar surface area (TPSA) is 40.6 Å². The van der Waals surface area contributed by atoms with Crippen LogP contribution in [0.3, 0.4) is 0 Å². The van der Waals surface area contributed by atoms with Gasteiger partial charge in [0.25, 0.3) is 0 Å². The lowest BCUT2D eigenvalue weighted by atomic mass is 10.2. The molecule has 1 aliphatic heterocycles. The summed E-state index contributed by atoms with van der Waals surface area (Å²) < 4.78 is 25.7. The summed E-state index contributed by atoms with van der Waals surface area (Å²) in [6.45, 7) is 2.03. The third-order valence-corrected chi connectivity index (χ3v) is 5.28. The predicted octanol–water partition coefficient (Wildman–Crippen LogP) is 0.710. The molecule has 16 heavy (non-hydrogen) atoms. The molecule has 2 rings (SSSR count). The largest absolute Gasteiger partial charge is 0.302 e. The molecule has 1 saturated heterocycles. The highest BCUT2D eigenvalue weighted by atomic mass is 32.2. The van der Waals surface area contributed by atoms with Crippen LogP contribution in [0.15, 0.2) is 0 Å². The van der Waals surface area contributed by atoms with Crippen molar-refractivity contribution in [2.75, 3.05) is 32.4 Å². The van der Waals surface area contributed by atoms with Crippen LogP contribution in [-0.4, -0.2) is 56.1 Å². The van der Waals surface area contributed by atoms with Crippen molar-refractivity contribution in [3.63, 3.8) is 0 Å². The first-order chi connectivity index (χ1) is 7.59. The monoisotopic (exact) mass is 245 g/mol. The lowest BCUT2D eigenvalue weighted by molar-refractivity contribution is 0.334. The van der Waals surface area contributed by atoms with Crippen molar-refractivity contribution in [2.45, 2.75) is 31.7 Å². The van der Waals surface area contributed by atoms with E-state index in [0.29, 0.717) is 25.7 Å². The van der Waals surface area contributed by atoms with Crippen LogP contribution >= 0.6 is 0 Å². The van der Waals surface area contributed by atoms with Gasteiger partial charge in [-0.1, -0.05) is 0 Å². The van der Waals surface area contributed by atoms with Crippen molar-refractivity contribution in [1.29, 1.82) is 0 Å². The van der Waals surface area contributed by atoms with Crippen molar-refractivity contribution >= 4 is 10.0 Å². The Balaban J connectivity index is 1.81. The average Bonchev–Trinajstić information content (AvgIpc) is 3.11. The molecule has 0 aromatic rings. The smallest absolute Gasteiger partial charge is 0.215 e. The first kappa shape index (κ1) is 12.3. The van der Waals surface area contributed by atoms with Gasteiger partial charge in [-0.25, -0.2) is 12.7 Å². The zero-order valence-electron chi connectivity index (χ0n) is 9.93. The van der Waals surface area contributed by atoms with Gasteiger partial charge < -0.3 is 4.90 Å². The van der Waals surface area contributed by atoms with Crippen LogP contribution < -0.4 is 0 Å². The molecular formula is C11H21N2O2S. The van der Waals surface area contributed by atoms with Crippen LogP contribution in [0.5, 0.6) is 0 Å². The molecule has 4 nitrogen and oxygen atoms in total. The molecule has 1 heterocycles. The van der Waals surface area contributed by atoms with E-state index in [1.165, 1.54) is 12.8 Å². The van der Waals surface area contributed by atoms with E-state index in [4.69, 9.17) is 0 Å². The van der Waals surface area contributed by atoms with Crippen molar-refractivity contribution in [2.24, 2.45) is 0 Å². The summed E-state index contributed by atoms with van der Waals surface area (Å²) in [5.41, 5.74) is 0. The Morgan fingerprint density at radius 2 is 1.94 bits per heavy atom. The second kappa shape index (κ2) is 5.02. The molecule has 1 radical (unpaired) electrons. The maximum atomic E-state index is 12.0. The standard InChI is InChI=1S/C11H21N2O2S/c1-12(11-5-6-11)9-10-16(14,15)13-7-3-2-4-8-13/h2,11H,3-10H2,1H3. The van der Waals surface area contributed by atoms with Crippen molar-refractivity contribution in [3.05, 3.63) is 6.42 Å². The van der Waals surface area contributed by atoms with Gasteiger partial charge in [-0.05, 0) is 39.2 Å². The third kappa shape index (κ3) is 3.18. The van der Waals surface area contributed by atoms with Gasteiger partial charge in [-0.15, -0.1) is 0 Å². The summed E-state index contributed by atoms with van der Waals surface area (Å²) in [5.74, 6) is 0.278. The molecule has 0 unspecified atom stereocenters. The lowest BCUT2D eigenvalue weighted by Gasteiger charge is -2.26. The van der Waals surface area contributed by atoms with Crippen LogP contribution in [-0.2, 0) is 10.0 Å². The molecular weight excluding hydrogens is 224 g/mol. The summed E-state index contributed by atoms with van der Waals surface area (Å²) >= 11 is 0. The second-order valence-electron chi connectivity index (χ2n) is 4.79. The minimum Gasteiger partial charge on any atom is -0.302 e. The molecule has 1 aliphatic carbocycles. The fourth-order valence-electron chi connectivity index (χ4n) is 2.09. The van der Waals surface area contributed by atoms with Gasteiger partial charge in [0.1, 0.15) is 0 Å². The Kier molecular flexibility index (Phi) is 3.87. The van der Waals surface area contributed by atoms with Gasteiger partial charge in [-0.2, -0.15) is 0 Å². The van der Waals surface area contributed by atoms with E-state index in [2.05, 4.69) is 11.3 Å². The maximum Gasteiger partial charge on any atom is 0.215 e. The number of sulfonamides is 1. The normalized spacial score (nSPS) is 23.9. The summed E-state index contributed by atoms with van der Waals surface area (Å²) in [5, 5.41) is 0. The predicted molar refractivity (Wildman–Crippen MR) is 64.5 cm³/mol. The van der Waals surface area contributed by atoms with Crippen molar-refractivity contribution in [1.82, 2.24) is 9.21 Å². The molecule has 2 fully saturated rings. The first-order valence-electron chi connectivity index (χ1n) is 6.09. The van der Waals surface area contributed by atoms with Crippen molar-refractivity contribution < 1.29 is 8.42 Å². The zero-order valence-corrected chi connectivity index (χ0v) is 10.7. The molecule has 1 saturated carbocycles. The molecule has 0 bridgehead atoms. The highest BCUT2D eigenvalue weighted by Gasteiger charge is 2.29. The SMILES string of the molecule is CN(CCS(=O)(=O)N1CC[CH]CC1)C1CC1. The highest BCUT2D eigenvalue weighted by Crippen LogP contribution is 2.25. The molecule has 5 heteroatoms. The minimum absolute atomic E-state index is 0.278. The van der Waals surface area contributed by atoms with Crippen LogP contribution in [0, 0.1) is 6.42 Å². The number of nitrogens with zero attached hydrogens (tertiary/aromatic N) is 2. The Morgan fingerprint density at radius 3 is 2.50 bits per heavy atom. The van der Waals surface area contributed by atoms with Gasteiger partial charge in [0.2, 0.25) is 10.0 Å². The van der Waals surface area contributed by atoms with E-state index in [1.54, 1.807) is 4.31 Å². The van der Waals surface area contributed by atoms with Gasteiger partial charge >= 0.3 is 0 Å².